The van der Waals surface area contributed by atoms with Crippen LogP contribution in [0.5, 0.6) is 0 Å². The third-order valence-corrected chi connectivity index (χ3v) is 12.7. The van der Waals surface area contributed by atoms with E-state index >= 15 is 0 Å². The number of allylic oxidation sites excluding steroid dienone is 2. The second-order valence-corrected chi connectivity index (χ2v) is 13.0. The molecule has 1 aromatic carbocycles. The zero-order chi connectivity index (χ0) is 21.5. The first-order valence-corrected chi connectivity index (χ1v) is 12.5. The number of halogens is 7. The van der Waals surface area contributed by atoms with E-state index in [2.05, 4.69) is 15.9 Å². The fraction of sp³-hybridized carbons (Fsp3) is 0.500. The zero-order valence-corrected chi connectivity index (χ0v) is 21.0. The number of nitrogens with zero attached hydrogens (tertiary/aromatic N) is 1. The van der Waals surface area contributed by atoms with E-state index in [0.29, 0.717) is 12.1 Å². The Balaban J connectivity index is 1.47. The van der Waals surface area contributed by atoms with Gasteiger partial charge in [-0.05, 0) is 54.4 Å². The van der Waals surface area contributed by atoms with Crippen LogP contribution in [-0.2, 0) is 9.59 Å². The Labute approximate surface area is 211 Å². The molecule has 30 heavy (non-hydrogen) atoms. The quantitative estimate of drug-likeness (QED) is 0.219. The molecule has 158 valence electrons. The average molecular weight is 591 g/mol. The number of benzene rings is 1. The Kier molecular flexibility index (Phi) is 4.22. The number of alkyl halides is 4. The Morgan fingerprint density at radius 1 is 0.833 bits per heavy atom. The van der Waals surface area contributed by atoms with Crippen LogP contribution in [0.15, 0.2) is 38.8 Å². The largest absolute Gasteiger partial charge is 0.274 e. The van der Waals surface area contributed by atoms with Gasteiger partial charge < -0.3 is 0 Å². The number of hydrogen-bond donors (Lipinski definition) is 0. The van der Waals surface area contributed by atoms with Crippen LogP contribution < -0.4 is 4.90 Å². The maximum absolute atomic E-state index is 13.4. The standard InChI is InChI=1S/C20H12BrCl6NO2/c21-6-1-3-7(4-2-6)28-16(29)10-8-5-9(11(10)17(28)30)13-12(8)18(24)14(22)15(23)19(13,25)20(18,26)27/h1-4,8-13H,5H2/t8-,9+,10-,11+,12-,13+,18-,19-/m1/s1. The third-order valence-electron chi connectivity index (χ3n) is 7.92. The SMILES string of the molecule is O=C1[C@@H]2[C@H]3C[C@@H]([C@@H]2C(=O)N1c1ccc(Br)cc1)[C@H]1[C@@H]3[C@@]2(Cl)C(Cl)=C(Cl)[C@@]1(Cl)C2(Cl)Cl. The van der Waals surface area contributed by atoms with Crippen molar-refractivity contribution in [1.82, 2.24) is 0 Å². The van der Waals surface area contributed by atoms with E-state index in [1.807, 2.05) is 0 Å². The molecule has 0 spiro atoms. The molecule has 6 rings (SSSR count). The van der Waals surface area contributed by atoms with E-state index in [9.17, 15) is 9.59 Å². The predicted octanol–water partition coefficient (Wildman–Crippen LogP) is 6.28. The molecule has 0 aromatic heterocycles. The maximum atomic E-state index is 13.4. The molecule has 8 atom stereocenters. The molecule has 0 N–H and O–H groups in total. The minimum atomic E-state index is -1.64. The molecule has 2 amide bonds. The molecule has 4 aliphatic carbocycles. The highest BCUT2D eigenvalue weighted by Gasteiger charge is 2.88. The summed E-state index contributed by atoms with van der Waals surface area (Å²) in [5.41, 5.74) is 0.550. The lowest BCUT2D eigenvalue weighted by Gasteiger charge is -2.42. The van der Waals surface area contributed by atoms with Crippen LogP contribution in [0, 0.1) is 35.5 Å². The number of hydrogen-bond acceptors (Lipinski definition) is 2. The molecular formula is C20H12BrCl6NO2. The molecule has 1 saturated heterocycles. The highest BCUT2D eigenvalue weighted by atomic mass is 79.9. The molecule has 4 bridgehead atoms. The van der Waals surface area contributed by atoms with Gasteiger partial charge in [-0.15, -0.1) is 23.2 Å². The molecule has 0 radical (unpaired) electrons. The van der Waals surface area contributed by atoms with Crippen LogP contribution in [0.4, 0.5) is 5.69 Å². The minimum Gasteiger partial charge on any atom is -0.274 e. The van der Waals surface area contributed by atoms with Gasteiger partial charge in [-0.2, -0.15) is 0 Å². The summed E-state index contributed by atoms with van der Waals surface area (Å²) in [5.74, 6) is -2.49. The van der Waals surface area contributed by atoms with Gasteiger partial charge in [0.15, 0.2) is 4.33 Å². The van der Waals surface area contributed by atoms with Gasteiger partial charge in [0, 0.05) is 4.47 Å². The minimum absolute atomic E-state index is 0.151. The number of carbonyl (C=O) groups is 2. The van der Waals surface area contributed by atoms with Gasteiger partial charge in [0.1, 0.15) is 9.75 Å². The van der Waals surface area contributed by atoms with Crippen LogP contribution >= 0.6 is 85.5 Å². The van der Waals surface area contributed by atoms with E-state index in [4.69, 9.17) is 69.6 Å². The number of carbonyl (C=O) groups excluding carboxylic acids is 2. The first-order chi connectivity index (χ1) is 14.0. The summed E-state index contributed by atoms with van der Waals surface area (Å²) in [5, 5.41) is 0.301. The lowest BCUT2D eigenvalue weighted by molar-refractivity contribution is -0.123. The summed E-state index contributed by atoms with van der Waals surface area (Å²) in [4.78, 5) is 25.4. The normalized spacial score (nSPS) is 47.5. The lowest BCUT2D eigenvalue weighted by atomic mass is 9.65. The topological polar surface area (TPSA) is 37.4 Å². The Bertz CT molecular complexity index is 1020. The molecular weight excluding hydrogens is 579 g/mol. The fourth-order valence-electron chi connectivity index (χ4n) is 6.99. The van der Waals surface area contributed by atoms with Crippen molar-refractivity contribution in [3.63, 3.8) is 0 Å². The molecule has 0 unspecified atom stereocenters. The summed E-state index contributed by atoms with van der Waals surface area (Å²) >= 11 is 43.9. The van der Waals surface area contributed by atoms with Gasteiger partial charge >= 0.3 is 0 Å². The van der Waals surface area contributed by atoms with Gasteiger partial charge in [-0.3, -0.25) is 14.5 Å². The van der Waals surface area contributed by atoms with Crippen molar-refractivity contribution in [2.24, 2.45) is 35.5 Å². The van der Waals surface area contributed by atoms with Gasteiger partial charge in [0.2, 0.25) is 11.8 Å². The van der Waals surface area contributed by atoms with E-state index in [1.54, 1.807) is 24.3 Å². The molecule has 10 heteroatoms. The van der Waals surface area contributed by atoms with Crippen LogP contribution in [0.2, 0.25) is 0 Å². The van der Waals surface area contributed by atoms with Gasteiger partial charge in [-0.1, -0.05) is 62.3 Å². The summed E-state index contributed by atoms with van der Waals surface area (Å²) in [6, 6.07) is 7.09. The number of fused-ring (bicyclic) bond motifs is 12. The molecule has 3 nitrogen and oxygen atoms in total. The number of rotatable bonds is 1. The highest BCUT2D eigenvalue weighted by Crippen LogP contribution is 2.84. The smallest absolute Gasteiger partial charge is 0.237 e. The van der Waals surface area contributed by atoms with Gasteiger partial charge in [0.25, 0.3) is 0 Å². The number of amides is 2. The maximum Gasteiger partial charge on any atom is 0.237 e. The lowest BCUT2D eigenvalue weighted by Crippen LogP contribution is -2.46. The predicted molar refractivity (Wildman–Crippen MR) is 123 cm³/mol. The third kappa shape index (κ3) is 1.94. The number of imide groups is 1. The van der Waals surface area contributed by atoms with Crippen molar-refractivity contribution >= 4 is 103 Å². The molecule has 3 saturated carbocycles. The molecule has 1 aliphatic heterocycles. The highest BCUT2D eigenvalue weighted by molar-refractivity contribution is 9.10. The zero-order valence-electron chi connectivity index (χ0n) is 14.9. The number of anilines is 1. The van der Waals surface area contributed by atoms with Crippen LogP contribution in [0.25, 0.3) is 0 Å². The Hall–Kier alpha value is 0.320. The van der Waals surface area contributed by atoms with Crippen molar-refractivity contribution in [3.05, 3.63) is 38.8 Å². The van der Waals surface area contributed by atoms with Gasteiger partial charge in [-0.25, -0.2) is 0 Å². The van der Waals surface area contributed by atoms with Crippen molar-refractivity contribution in [3.8, 4) is 0 Å². The van der Waals surface area contributed by atoms with Crippen LogP contribution in [0.3, 0.4) is 0 Å². The van der Waals surface area contributed by atoms with Crippen molar-refractivity contribution in [2.45, 2.75) is 20.5 Å². The Morgan fingerprint density at radius 2 is 1.27 bits per heavy atom. The second kappa shape index (κ2) is 6.05. The van der Waals surface area contributed by atoms with E-state index in [0.717, 1.165) is 4.47 Å². The van der Waals surface area contributed by atoms with E-state index in [1.165, 1.54) is 4.90 Å². The summed E-state index contributed by atoms with van der Waals surface area (Å²) in [6.45, 7) is 0. The summed E-state index contributed by atoms with van der Waals surface area (Å²) in [6.07, 6.45) is 0.650. The molecule has 4 fully saturated rings. The first-order valence-electron chi connectivity index (χ1n) is 9.44. The van der Waals surface area contributed by atoms with Crippen molar-refractivity contribution in [2.75, 3.05) is 4.90 Å². The summed E-state index contributed by atoms with van der Waals surface area (Å²) < 4.78 is -0.777. The fourth-order valence-corrected chi connectivity index (χ4v) is 10.4. The molecule has 1 aromatic rings. The summed E-state index contributed by atoms with van der Waals surface area (Å²) in [7, 11) is 0. The van der Waals surface area contributed by atoms with Crippen molar-refractivity contribution < 1.29 is 9.59 Å². The second-order valence-electron chi connectivity index (χ2n) is 8.78. The monoisotopic (exact) mass is 587 g/mol. The molecule has 1 heterocycles. The van der Waals surface area contributed by atoms with Crippen LogP contribution in [-0.4, -0.2) is 25.9 Å². The molecule has 5 aliphatic rings. The Morgan fingerprint density at radius 3 is 1.70 bits per heavy atom. The first kappa shape index (κ1) is 20.9. The van der Waals surface area contributed by atoms with Crippen molar-refractivity contribution in [1.29, 1.82) is 0 Å². The van der Waals surface area contributed by atoms with Gasteiger partial charge in [0.05, 0.1) is 27.6 Å². The van der Waals surface area contributed by atoms with E-state index in [-0.39, 0.29) is 45.6 Å². The van der Waals surface area contributed by atoms with Crippen LogP contribution in [0.1, 0.15) is 6.42 Å². The average Bonchev–Trinajstić information content (AvgIpc) is 3.39. The van der Waals surface area contributed by atoms with E-state index < -0.39 is 25.9 Å².